The van der Waals surface area contributed by atoms with Crippen molar-refractivity contribution in [2.75, 3.05) is 18.8 Å². The summed E-state index contributed by atoms with van der Waals surface area (Å²) in [5, 5.41) is 3.22. The van der Waals surface area contributed by atoms with Crippen LogP contribution in [-0.4, -0.2) is 28.1 Å². The van der Waals surface area contributed by atoms with Gasteiger partial charge in [0.25, 0.3) is 0 Å². The monoisotopic (exact) mass is 254 g/mol. The summed E-state index contributed by atoms with van der Waals surface area (Å²) in [6, 6.07) is 0. The standard InChI is InChI=1S/C12H18N2S2/c1-9(2)11(4)13-6-5-10(3)14-7-8-16-12(14)15/h13H,1,3-8H2,2H3. The van der Waals surface area contributed by atoms with Crippen LogP contribution in [0.4, 0.5) is 0 Å². The Morgan fingerprint density at radius 1 is 1.50 bits per heavy atom. The lowest BCUT2D eigenvalue weighted by Gasteiger charge is -2.20. The molecule has 4 heteroatoms. The smallest absolute Gasteiger partial charge is 0.140 e. The first-order valence-electron chi connectivity index (χ1n) is 5.23. The molecule has 0 aliphatic carbocycles. The summed E-state index contributed by atoms with van der Waals surface area (Å²) in [5.41, 5.74) is 2.95. The highest BCUT2D eigenvalue weighted by molar-refractivity contribution is 8.23. The molecule has 1 saturated heterocycles. The predicted molar refractivity (Wildman–Crippen MR) is 77.5 cm³/mol. The van der Waals surface area contributed by atoms with Gasteiger partial charge in [0.2, 0.25) is 0 Å². The van der Waals surface area contributed by atoms with Crippen LogP contribution in [0.5, 0.6) is 0 Å². The van der Waals surface area contributed by atoms with Gasteiger partial charge in [0.05, 0.1) is 0 Å². The molecule has 88 valence electrons. The van der Waals surface area contributed by atoms with Gasteiger partial charge in [-0.2, -0.15) is 0 Å². The first-order chi connectivity index (χ1) is 7.52. The zero-order valence-electron chi connectivity index (χ0n) is 9.71. The molecule has 0 bridgehead atoms. The normalized spacial score (nSPS) is 15.1. The van der Waals surface area contributed by atoms with Gasteiger partial charge in [0.1, 0.15) is 4.32 Å². The number of nitrogens with zero attached hydrogens (tertiary/aromatic N) is 1. The molecule has 1 heterocycles. The van der Waals surface area contributed by atoms with Crippen LogP contribution >= 0.6 is 24.0 Å². The van der Waals surface area contributed by atoms with Gasteiger partial charge in [-0.25, -0.2) is 0 Å². The van der Waals surface area contributed by atoms with Crippen LogP contribution in [0.15, 0.2) is 36.7 Å². The van der Waals surface area contributed by atoms with E-state index in [4.69, 9.17) is 12.2 Å². The summed E-state index contributed by atoms with van der Waals surface area (Å²) in [7, 11) is 0. The van der Waals surface area contributed by atoms with Crippen LogP contribution in [0, 0.1) is 0 Å². The van der Waals surface area contributed by atoms with E-state index in [1.54, 1.807) is 11.8 Å². The number of thioether (sulfide) groups is 1. The van der Waals surface area contributed by atoms with Crippen molar-refractivity contribution in [3.63, 3.8) is 0 Å². The maximum Gasteiger partial charge on any atom is 0.140 e. The molecule has 2 nitrogen and oxygen atoms in total. The van der Waals surface area contributed by atoms with Crippen molar-refractivity contribution in [2.24, 2.45) is 0 Å². The third kappa shape index (κ3) is 3.68. The molecule has 0 unspecified atom stereocenters. The summed E-state index contributed by atoms with van der Waals surface area (Å²) in [5.74, 6) is 1.07. The van der Waals surface area contributed by atoms with Crippen LogP contribution in [0.25, 0.3) is 0 Å². The molecule has 0 amide bonds. The van der Waals surface area contributed by atoms with Crippen molar-refractivity contribution < 1.29 is 0 Å². The van der Waals surface area contributed by atoms with E-state index in [9.17, 15) is 0 Å². The Labute approximate surface area is 107 Å². The quantitative estimate of drug-likeness (QED) is 0.579. The summed E-state index contributed by atoms with van der Waals surface area (Å²) >= 11 is 6.96. The topological polar surface area (TPSA) is 15.3 Å². The molecule has 0 saturated carbocycles. The van der Waals surface area contributed by atoms with Crippen molar-refractivity contribution in [3.8, 4) is 0 Å². The van der Waals surface area contributed by atoms with Gasteiger partial charge < -0.3 is 10.2 Å². The molecule has 1 rings (SSSR count). The molecule has 1 aliphatic rings. The van der Waals surface area contributed by atoms with E-state index in [0.29, 0.717) is 0 Å². The minimum absolute atomic E-state index is 0.828. The second kappa shape index (κ2) is 6.11. The van der Waals surface area contributed by atoms with Gasteiger partial charge in [0.15, 0.2) is 0 Å². The maximum atomic E-state index is 5.24. The minimum Gasteiger partial charge on any atom is -0.385 e. The lowest BCUT2D eigenvalue weighted by molar-refractivity contribution is 0.543. The van der Waals surface area contributed by atoms with E-state index in [2.05, 4.69) is 30.0 Å². The fourth-order valence-electron chi connectivity index (χ4n) is 1.32. The SMILES string of the molecule is C=C(C)C(=C)NCCC(=C)N1CCSC1=S. The van der Waals surface area contributed by atoms with Gasteiger partial charge in [-0.05, 0) is 12.5 Å². The molecule has 0 atom stereocenters. The molecule has 16 heavy (non-hydrogen) atoms. The van der Waals surface area contributed by atoms with E-state index in [0.717, 1.165) is 46.6 Å². The summed E-state index contributed by atoms with van der Waals surface area (Å²) in [4.78, 5) is 2.12. The van der Waals surface area contributed by atoms with E-state index in [1.165, 1.54) is 0 Å². The molecule has 0 aromatic carbocycles. The largest absolute Gasteiger partial charge is 0.385 e. The van der Waals surface area contributed by atoms with Crippen molar-refractivity contribution in [1.29, 1.82) is 0 Å². The Balaban J connectivity index is 2.28. The highest BCUT2D eigenvalue weighted by atomic mass is 32.2. The van der Waals surface area contributed by atoms with E-state index < -0.39 is 0 Å². The molecule has 0 spiro atoms. The molecule has 0 radical (unpaired) electrons. The third-order valence-electron chi connectivity index (χ3n) is 2.41. The number of rotatable bonds is 6. The highest BCUT2D eigenvalue weighted by Gasteiger charge is 2.19. The second-order valence-electron chi connectivity index (χ2n) is 3.77. The van der Waals surface area contributed by atoms with Crippen LogP contribution < -0.4 is 5.32 Å². The van der Waals surface area contributed by atoms with Crippen LogP contribution in [0.2, 0.25) is 0 Å². The van der Waals surface area contributed by atoms with Gasteiger partial charge in [0, 0.05) is 36.7 Å². The second-order valence-corrected chi connectivity index (χ2v) is 5.50. The van der Waals surface area contributed by atoms with E-state index >= 15 is 0 Å². The Kier molecular flexibility index (Phi) is 5.09. The number of thiocarbonyl (C=S) groups is 1. The molecule has 1 N–H and O–H groups in total. The third-order valence-corrected chi connectivity index (χ3v) is 3.84. The molecule has 1 aliphatic heterocycles. The lowest BCUT2D eigenvalue weighted by atomic mass is 10.2. The molecule has 0 aromatic heterocycles. The average Bonchev–Trinajstić information content (AvgIpc) is 2.64. The van der Waals surface area contributed by atoms with Gasteiger partial charge in [-0.1, -0.05) is 43.7 Å². The lowest BCUT2D eigenvalue weighted by Crippen LogP contribution is -2.24. The van der Waals surface area contributed by atoms with E-state index in [1.807, 2.05) is 6.92 Å². The van der Waals surface area contributed by atoms with E-state index in [-0.39, 0.29) is 0 Å². The zero-order valence-corrected chi connectivity index (χ0v) is 11.3. The Bertz CT molecular complexity index is 334. The molecule has 0 aromatic rings. The van der Waals surface area contributed by atoms with Crippen molar-refractivity contribution >= 4 is 28.3 Å². The molecular weight excluding hydrogens is 236 g/mol. The van der Waals surface area contributed by atoms with Crippen LogP contribution in [-0.2, 0) is 0 Å². The van der Waals surface area contributed by atoms with Crippen molar-refractivity contribution in [1.82, 2.24) is 10.2 Å². The zero-order chi connectivity index (χ0) is 12.1. The summed E-state index contributed by atoms with van der Waals surface area (Å²) in [6.45, 7) is 15.5. The fraction of sp³-hybridized carbons (Fsp3) is 0.417. The van der Waals surface area contributed by atoms with Gasteiger partial charge >= 0.3 is 0 Å². The van der Waals surface area contributed by atoms with Gasteiger partial charge in [-0.3, -0.25) is 0 Å². The van der Waals surface area contributed by atoms with Crippen molar-refractivity contribution in [3.05, 3.63) is 36.7 Å². The highest BCUT2D eigenvalue weighted by Crippen LogP contribution is 2.22. The minimum atomic E-state index is 0.828. The Hall–Kier alpha value is -0.740. The maximum absolute atomic E-state index is 5.24. The first kappa shape index (κ1) is 13.3. The average molecular weight is 254 g/mol. The number of hydrogen-bond acceptors (Lipinski definition) is 3. The van der Waals surface area contributed by atoms with Crippen molar-refractivity contribution in [2.45, 2.75) is 13.3 Å². The van der Waals surface area contributed by atoms with Crippen LogP contribution in [0.3, 0.4) is 0 Å². The molecule has 1 fully saturated rings. The predicted octanol–water partition coefficient (Wildman–Crippen LogP) is 2.90. The number of nitrogens with one attached hydrogen (secondary N) is 1. The Morgan fingerprint density at radius 3 is 2.69 bits per heavy atom. The summed E-state index contributed by atoms with van der Waals surface area (Å²) < 4.78 is 0.948. The fourth-order valence-corrected chi connectivity index (χ4v) is 2.62. The number of allylic oxidation sites excluding steroid dienone is 1. The Morgan fingerprint density at radius 2 is 2.19 bits per heavy atom. The first-order valence-corrected chi connectivity index (χ1v) is 6.62. The summed E-state index contributed by atoms with van der Waals surface area (Å²) in [6.07, 6.45) is 0.882. The van der Waals surface area contributed by atoms with Crippen LogP contribution in [0.1, 0.15) is 13.3 Å². The number of hydrogen-bond donors (Lipinski definition) is 1. The molecular formula is C12H18N2S2. The van der Waals surface area contributed by atoms with Gasteiger partial charge in [-0.15, -0.1) is 0 Å².